The lowest BCUT2D eigenvalue weighted by atomic mass is 10.1. The van der Waals surface area contributed by atoms with Crippen LogP contribution in [-0.2, 0) is 11.3 Å². The first-order valence-corrected chi connectivity index (χ1v) is 10.7. The summed E-state index contributed by atoms with van der Waals surface area (Å²) in [5.74, 6) is 1.17. The number of thioether (sulfide) groups is 1. The summed E-state index contributed by atoms with van der Waals surface area (Å²) in [6, 6.07) is 14.2. The number of aryl methyl sites for hydroxylation is 3. The quantitative estimate of drug-likeness (QED) is 0.502. The maximum Gasteiger partial charge on any atom is 0.233 e. The Bertz CT molecular complexity index is 1000. The Balaban J connectivity index is 1.72. The number of aromatic nitrogens is 3. The molecule has 146 valence electrons. The number of hydrogen-bond donors (Lipinski definition) is 0. The summed E-state index contributed by atoms with van der Waals surface area (Å²) in [4.78, 5) is 14.4. The minimum atomic E-state index is 0.0499. The third kappa shape index (κ3) is 4.64. The van der Waals surface area contributed by atoms with Crippen LogP contribution in [0.5, 0.6) is 0 Å². The van der Waals surface area contributed by atoms with E-state index in [4.69, 9.17) is 0 Å². The van der Waals surface area contributed by atoms with Crippen LogP contribution in [-0.4, -0.2) is 38.4 Å². The molecule has 0 spiro atoms. The average molecular weight is 459 g/mol. The molecule has 0 N–H and O–H groups in total. The molecule has 3 aromatic rings. The molecule has 1 amide bonds. The number of carbonyl (C=O) groups excluding carboxylic acids is 1. The summed E-state index contributed by atoms with van der Waals surface area (Å²) < 4.78 is 3.03. The zero-order valence-corrected chi connectivity index (χ0v) is 18.8. The molecule has 7 heteroatoms. The predicted molar refractivity (Wildman–Crippen MR) is 117 cm³/mol. The van der Waals surface area contributed by atoms with Crippen molar-refractivity contribution in [1.29, 1.82) is 0 Å². The van der Waals surface area contributed by atoms with E-state index in [9.17, 15) is 4.79 Å². The molecule has 0 bridgehead atoms. The molecule has 0 fully saturated rings. The van der Waals surface area contributed by atoms with Crippen LogP contribution in [0.15, 0.2) is 52.1 Å². The zero-order valence-electron chi connectivity index (χ0n) is 16.4. The first kappa shape index (κ1) is 20.6. The number of benzene rings is 2. The normalized spacial score (nSPS) is 10.9. The summed E-state index contributed by atoms with van der Waals surface area (Å²) in [6.45, 7) is 6.62. The minimum absolute atomic E-state index is 0.0499. The summed E-state index contributed by atoms with van der Waals surface area (Å²) in [5, 5.41) is 9.25. The zero-order chi connectivity index (χ0) is 20.3. The van der Waals surface area contributed by atoms with Gasteiger partial charge in [-0.3, -0.25) is 9.36 Å². The van der Waals surface area contributed by atoms with E-state index in [1.165, 1.54) is 17.3 Å². The third-order valence-electron chi connectivity index (χ3n) is 4.52. The Morgan fingerprint density at radius 3 is 2.64 bits per heavy atom. The fourth-order valence-electron chi connectivity index (χ4n) is 2.88. The van der Waals surface area contributed by atoms with E-state index >= 15 is 0 Å². The fourth-order valence-corrected chi connectivity index (χ4v) is 4.22. The van der Waals surface area contributed by atoms with Crippen LogP contribution in [0.1, 0.15) is 22.5 Å². The second-order valence-corrected chi connectivity index (χ2v) is 8.58. The molecule has 2 aromatic carbocycles. The highest BCUT2D eigenvalue weighted by molar-refractivity contribution is 9.10. The van der Waals surface area contributed by atoms with E-state index in [0.717, 1.165) is 32.3 Å². The first-order chi connectivity index (χ1) is 13.4. The van der Waals surface area contributed by atoms with Crippen molar-refractivity contribution in [3.8, 4) is 5.69 Å². The second kappa shape index (κ2) is 8.92. The van der Waals surface area contributed by atoms with Crippen molar-refractivity contribution in [2.45, 2.75) is 32.5 Å². The molecular weight excluding hydrogens is 436 g/mol. The van der Waals surface area contributed by atoms with Gasteiger partial charge in [-0.2, -0.15) is 0 Å². The van der Waals surface area contributed by atoms with Gasteiger partial charge in [0.2, 0.25) is 5.91 Å². The molecule has 1 heterocycles. The van der Waals surface area contributed by atoms with Crippen molar-refractivity contribution in [2.75, 3.05) is 12.8 Å². The Hall–Kier alpha value is -2.12. The van der Waals surface area contributed by atoms with E-state index in [-0.39, 0.29) is 5.91 Å². The largest absolute Gasteiger partial charge is 0.341 e. The van der Waals surface area contributed by atoms with Gasteiger partial charge in [0.1, 0.15) is 5.82 Å². The first-order valence-electron chi connectivity index (χ1n) is 8.96. The molecule has 0 aliphatic rings. The lowest BCUT2D eigenvalue weighted by molar-refractivity contribution is -0.127. The van der Waals surface area contributed by atoms with Crippen LogP contribution >= 0.6 is 27.7 Å². The van der Waals surface area contributed by atoms with Crippen molar-refractivity contribution in [1.82, 2.24) is 19.7 Å². The smallest absolute Gasteiger partial charge is 0.233 e. The molecule has 0 saturated heterocycles. The maximum absolute atomic E-state index is 12.6. The third-order valence-corrected chi connectivity index (χ3v) is 6.20. The Morgan fingerprint density at radius 1 is 1.14 bits per heavy atom. The monoisotopic (exact) mass is 458 g/mol. The van der Waals surface area contributed by atoms with Crippen LogP contribution in [0.4, 0.5) is 0 Å². The Kier molecular flexibility index (Phi) is 6.57. The lowest BCUT2D eigenvalue weighted by Crippen LogP contribution is -2.28. The molecule has 0 atom stereocenters. The lowest BCUT2D eigenvalue weighted by Gasteiger charge is -2.18. The number of amides is 1. The standard InChI is InChI=1S/C21H23BrN4OS/c1-14-9-10-15(2)19(11-14)26-16(3)23-24-21(26)28-13-20(27)25(4)12-17-7-5-6-8-18(17)22/h5-11H,12-13H2,1-4H3. The van der Waals surface area contributed by atoms with Gasteiger partial charge < -0.3 is 4.90 Å². The maximum atomic E-state index is 12.6. The highest BCUT2D eigenvalue weighted by Crippen LogP contribution is 2.25. The van der Waals surface area contributed by atoms with E-state index in [1.54, 1.807) is 4.90 Å². The fraction of sp³-hybridized carbons (Fsp3) is 0.286. The molecule has 1 aromatic heterocycles. The second-order valence-electron chi connectivity index (χ2n) is 6.79. The van der Waals surface area contributed by atoms with Crippen LogP contribution in [0, 0.1) is 20.8 Å². The van der Waals surface area contributed by atoms with Gasteiger partial charge >= 0.3 is 0 Å². The van der Waals surface area contributed by atoms with Crippen molar-refractivity contribution in [2.24, 2.45) is 0 Å². The van der Waals surface area contributed by atoms with Crippen molar-refractivity contribution >= 4 is 33.6 Å². The Morgan fingerprint density at radius 2 is 1.89 bits per heavy atom. The molecule has 0 aliphatic heterocycles. The average Bonchev–Trinajstić information content (AvgIpc) is 3.04. The molecule has 5 nitrogen and oxygen atoms in total. The minimum Gasteiger partial charge on any atom is -0.341 e. The molecule has 0 radical (unpaired) electrons. The van der Waals surface area contributed by atoms with E-state index in [2.05, 4.69) is 58.2 Å². The van der Waals surface area contributed by atoms with E-state index in [0.29, 0.717) is 12.3 Å². The van der Waals surface area contributed by atoms with Crippen molar-refractivity contribution in [3.05, 3.63) is 69.5 Å². The molecular formula is C21H23BrN4OS. The molecule has 0 saturated carbocycles. The highest BCUT2D eigenvalue weighted by atomic mass is 79.9. The van der Waals surface area contributed by atoms with Gasteiger partial charge in [0.05, 0.1) is 11.4 Å². The summed E-state index contributed by atoms with van der Waals surface area (Å²) >= 11 is 4.95. The van der Waals surface area contributed by atoms with Gasteiger partial charge in [0, 0.05) is 18.1 Å². The SMILES string of the molecule is Cc1ccc(C)c(-n2c(C)nnc2SCC(=O)N(C)Cc2ccccc2Br)c1. The predicted octanol–water partition coefficient (Wildman–Crippen LogP) is 4.71. The van der Waals surface area contributed by atoms with Gasteiger partial charge in [0.15, 0.2) is 5.16 Å². The molecule has 0 aliphatic carbocycles. The summed E-state index contributed by atoms with van der Waals surface area (Å²) in [6.07, 6.45) is 0. The number of nitrogens with zero attached hydrogens (tertiary/aromatic N) is 4. The Labute approximate surface area is 178 Å². The summed E-state index contributed by atoms with van der Waals surface area (Å²) in [7, 11) is 1.82. The molecule has 28 heavy (non-hydrogen) atoms. The van der Waals surface area contributed by atoms with E-state index < -0.39 is 0 Å². The number of hydrogen-bond acceptors (Lipinski definition) is 4. The van der Waals surface area contributed by atoms with Crippen LogP contribution in [0.2, 0.25) is 0 Å². The van der Waals surface area contributed by atoms with E-state index in [1.807, 2.05) is 42.8 Å². The van der Waals surface area contributed by atoms with Gasteiger partial charge in [-0.05, 0) is 49.6 Å². The van der Waals surface area contributed by atoms with Gasteiger partial charge in [-0.15, -0.1) is 10.2 Å². The van der Waals surface area contributed by atoms with Crippen molar-refractivity contribution in [3.63, 3.8) is 0 Å². The van der Waals surface area contributed by atoms with Gasteiger partial charge in [0.25, 0.3) is 0 Å². The van der Waals surface area contributed by atoms with Gasteiger partial charge in [-0.25, -0.2) is 0 Å². The number of rotatable bonds is 6. The number of carbonyl (C=O) groups is 1. The molecule has 0 unspecified atom stereocenters. The van der Waals surface area contributed by atoms with Crippen LogP contribution in [0.3, 0.4) is 0 Å². The van der Waals surface area contributed by atoms with Gasteiger partial charge in [-0.1, -0.05) is 58.0 Å². The number of halogens is 1. The van der Waals surface area contributed by atoms with Crippen LogP contribution < -0.4 is 0 Å². The van der Waals surface area contributed by atoms with Crippen molar-refractivity contribution < 1.29 is 4.79 Å². The van der Waals surface area contributed by atoms with Crippen LogP contribution in [0.25, 0.3) is 5.69 Å². The highest BCUT2D eigenvalue weighted by Gasteiger charge is 2.17. The summed E-state index contributed by atoms with van der Waals surface area (Å²) in [5.41, 5.74) is 4.46. The molecule has 3 rings (SSSR count). The topological polar surface area (TPSA) is 51.0 Å².